The van der Waals surface area contributed by atoms with Crippen molar-refractivity contribution in [3.63, 3.8) is 0 Å². The summed E-state index contributed by atoms with van der Waals surface area (Å²) in [6.45, 7) is 2.74. The first-order chi connectivity index (χ1) is 9.33. The number of rotatable bonds is 4. The predicted octanol–water partition coefficient (Wildman–Crippen LogP) is 2.20. The minimum atomic E-state index is 0.121. The summed E-state index contributed by atoms with van der Waals surface area (Å²) in [7, 11) is 0. The molecule has 0 aliphatic rings. The number of nitrogens with zero attached hydrogens (tertiary/aromatic N) is 3. The molecule has 0 spiro atoms. The maximum absolute atomic E-state index is 4.62. The van der Waals surface area contributed by atoms with Gasteiger partial charge < -0.3 is 5.32 Å². The van der Waals surface area contributed by atoms with Gasteiger partial charge in [-0.05, 0) is 19.1 Å². The van der Waals surface area contributed by atoms with Gasteiger partial charge in [0, 0.05) is 11.9 Å². The van der Waals surface area contributed by atoms with Gasteiger partial charge in [-0.1, -0.05) is 24.3 Å². The Kier molecular flexibility index (Phi) is 3.20. The Hall–Kier alpha value is -2.27. The minimum Gasteiger partial charge on any atom is -0.302 e. The zero-order valence-corrected chi connectivity index (χ0v) is 10.7. The molecule has 0 saturated heterocycles. The van der Waals surface area contributed by atoms with Crippen molar-refractivity contribution in [2.24, 2.45) is 0 Å². The third kappa shape index (κ3) is 2.61. The van der Waals surface area contributed by atoms with E-state index in [0.717, 1.165) is 22.4 Å². The summed E-state index contributed by atoms with van der Waals surface area (Å²) < 4.78 is 0. The SMILES string of the molecule is CC(NCc1ccc2ccccc2n1)c1ncn[nH]1. The summed E-state index contributed by atoms with van der Waals surface area (Å²) >= 11 is 0. The molecule has 0 amide bonds. The van der Waals surface area contributed by atoms with Crippen LogP contribution in [0.1, 0.15) is 24.5 Å². The van der Waals surface area contributed by atoms with Crippen LogP contribution in [0.4, 0.5) is 0 Å². The fourth-order valence-electron chi connectivity index (χ4n) is 1.98. The van der Waals surface area contributed by atoms with E-state index < -0.39 is 0 Å². The molecule has 0 radical (unpaired) electrons. The highest BCUT2D eigenvalue weighted by Gasteiger charge is 2.07. The molecular formula is C14H15N5. The number of fused-ring (bicyclic) bond motifs is 1. The number of H-pyrrole nitrogens is 1. The van der Waals surface area contributed by atoms with Crippen LogP contribution >= 0.6 is 0 Å². The Morgan fingerprint density at radius 3 is 2.95 bits per heavy atom. The van der Waals surface area contributed by atoms with Crippen molar-refractivity contribution in [3.05, 3.63) is 54.2 Å². The topological polar surface area (TPSA) is 66.5 Å². The van der Waals surface area contributed by atoms with E-state index in [1.54, 1.807) is 0 Å². The number of hydrogen-bond acceptors (Lipinski definition) is 4. The van der Waals surface area contributed by atoms with E-state index >= 15 is 0 Å². The number of aromatic amines is 1. The number of pyridine rings is 1. The molecule has 1 aromatic carbocycles. The van der Waals surface area contributed by atoms with E-state index in [1.807, 2.05) is 31.2 Å². The van der Waals surface area contributed by atoms with Crippen molar-refractivity contribution in [2.75, 3.05) is 0 Å². The zero-order valence-electron chi connectivity index (χ0n) is 10.7. The van der Waals surface area contributed by atoms with Crippen molar-refractivity contribution < 1.29 is 0 Å². The van der Waals surface area contributed by atoms with Crippen LogP contribution in [0, 0.1) is 0 Å². The van der Waals surface area contributed by atoms with Gasteiger partial charge in [0.05, 0.1) is 17.3 Å². The average molecular weight is 253 g/mol. The Balaban J connectivity index is 1.71. The first-order valence-electron chi connectivity index (χ1n) is 6.26. The smallest absolute Gasteiger partial charge is 0.141 e. The number of hydrogen-bond donors (Lipinski definition) is 2. The summed E-state index contributed by atoms with van der Waals surface area (Å²) in [6, 6.07) is 12.4. The van der Waals surface area contributed by atoms with Gasteiger partial charge >= 0.3 is 0 Å². The van der Waals surface area contributed by atoms with E-state index in [9.17, 15) is 0 Å². The molecule has 0 fully saturated rings. The maximum atomic E-state index is 4.62. The summed E-state index contributed by atoms with van der Waals surface area (Å²) in [5.74, 6) is 0.834. The number of para-hydroxylation sites is 1. The second kappa shape index (κ2) is 5.16. The van der Waals surface area contributed by atoms with Gasteiger partial charge in [0.15, 0.2) is 0 Å². The maximum Gasteiger partial charge on any atom is 0.141 e. The Morgan fingerprint density at radius 1 is 1.21 bits per heavy atom. The van der Waals surface area contributed by atoms with E-state index in [1.165, 1.54) is 6.33 Å². The van der Waals surface area contributed by atoms with Crippen LogP contribution in [0.15, 0.2) is 42.7 Å². The van der Waals surface area contributed by atoms with Crippen molar-refractivity contribution >= 4 is 10.9 Å². The molecule has 0 bridgehead atoms. The first kappa shape index (κ1) is 11.8. The third-order valence-electron chi connectivity index (χ3n) is 3.09. The lowest BCUT2D eigenvalue weighted by atomic mass is 10.2. The molecule has 1 atom stereocenters. The second-order valence-corrected chi connectivity index (χ2v) is 4.47. The van der Waals surface area contributed by atoms with E-state index in [4.69, 9.17) is 0 Å². The second-order valence-electron chi connectivity index (χ2n) is 4.47. The molecule has 19 heavy (non-hydrogen) atoms. The molecule has 1 unspecified atom stereocenters. The lowest BCUT2D eigenvalue weighted by molar-refractivity contribution is 0.543. The standard InChI is InChI=1S/C14H15N5/c1-10(14-16-9-17-19-14)15-8-12-7-6-11-4-2-3-5-13(11)18-12/h2-7,9-10,15H,8H2,1H3,(H,16,17,19). The molecule has 2 N–H and O–H groups in total. The zero-order chi connectivity index (χ0) is 13.1. The van der Waals surface area contributed by atoms with Crippen LogP contribution in [-0.2, 0) is 6.54 Å². The molecule has 5 nitrogen and oxygen atoms in total. The van der Waals surface area contributed by atoms with Crippen molar-refractivity contribution in [1.29, 1.82) is 0 Å². The van der Waals surface area contributed by atoms with Crippen LogP contribution in [0.25, 0.3) is 10.9 Å². The van der Waals surface area contributed by atoms with Gasteiger partial charge in [0.1, 0.15) is 12.2 Å². The summed E-state index contributed by atoms with van der Waals surface area (Å²) in [4.78, 5) is 8.75. The fraction of sp³-hybridized carbons (Fsp3) is 0.214. The predicted molar refractivity (Wildman–Crippen MR) is 73.4 cm³/mol. The van der Waals surface area contributed by atoms with Gasteiger partial charge in [-0.15, -0.1) is 0 Å². The molecule has 0 aliphatic carbocycles. The van der Waals surface area contributed by atoms with Gasteiger partial charge in [-0.25, -0.2) is 4.98 Å². The molecule has 3 aromatic rings. The van der Waals surface area contributed by atoms with E-state index in [2.05, 4.69) is 37.6 Å². The minimum absolute atomic E-state index is 0.121. The monoisotopic (exact) mass is 253 g/mol. The van der Waals surface area contributed by atoms with Gasteiger partial charge in [-0.3, -0.25) is 10.1 Å². The highest BCUT2D eigenvalue weighted by molar-refractivity contribution is 5.78. The summed E-state index contributed by atoms with van der Waals surface area (Å²) in [6.07, 6.45) is 1.52. The highest BCUT2D eigenvalue weighted by Crippen LogP contribution is 2.12. The van der Waals surface area contributed by atoms with Gasteiger partial charge in [0.25, 0.3) is 0 Å². The van der Waals surface area contributed by atoms with Crippen LogP contribution < -0.4 is 5.32 Å². The van der Waals surface area contributed by atoms with Crippen molar-refractivity contribution in [2.45, 2.75) is 19.5 Å². The van der Waals surface area contributed by atoms with Crippen LogP contribution in [0.5, 0.6) is 0 Å². The summed E-state index contributed by atoms with van der Waals surface area (Å²) in [5.41, 5.74) is 2.04. The molecule has 2 aromatic heterocycles. The Labute approximate surface area is 111 Å². The largest absolute Gasteiger partial charge is 0.302 e. The number of aromatic nitrogens is 4. The first-order valence-corrected chi connectivity index (χ1v) is 6.26. The van der Waals surface area contributed by atoms with Crippen molar-refractivity contribution in [1.82, 2.24) is 25.5 Å². The lowest BCUT2D eigenvalue weighted by Crippen LogP contribution is -2.19. The summed E-state index contributed by atoms with van der Waals surface area (Å²) in [5, 5.41) is 11.2. The van der Waals surface area contributed by atoms with Crippen LogP contribution in [0.3, 0.4) is 0 Å². The number of nitrogens with one attached hydrogen (secondary N) is 2. The van der Waals surface area contributed by atoms with Crippen LogP contribution in [-0.4, -0.2) is 20.2 Å². The highest BCUT2D eigenvalue weighted by atomic mass is 15.2. The fourth-order valence-corrected chi connectivity index (χ4v) is 1.98. The molecule has 0 saturated carbocycles. The van der Waals surface area contributed by atoms with Gasteiger partial charge in [0.2, 0.25) is 0 Å². The van der Waals surface area contributed by atoms with E-state index in [0.29, 0.717) is 6.54 Å². The molecule has 96 valence electrons. The van der Waals surface area contributed by atoms with Gasteiger partial charge in [-0.2, -0.15) is 5.10 Å². The lowest BCUT2D eigenvalue weighted by Gasteiger charge is -2.10. The molecular weight excluding hydrogens is 238 g/mol. The third-order valence-corrected chi connectivity index (χ3v) is 3.09. The Morgan fingerprint density at radius 2 is 2.11 bits per heavy atom. The molecule has 0 aliphatic heterocycles. The quantitative estimate of drug-likeness (QED) is 0.748. The normalized spacial score (nSPS) is 12.7. The Bertz CT molecular complexity index is 662. The van der Waals surface area contributed by atoms with E-state index in [-0.39, 0.29) is 6.04 Å². The molecule has 5 heteroatoms. The molecule has 3 rings (SSSR count). The van der Waals surface area contributed by atoms with Crippen molar-refractivity contribution in [3.8, 4) is 0 Å². The average Bonchev–Trinajstić information content (AvgIpc) is 2.99. The van der Waals surface area contributed by atoms with Crippen LogP contribution in [0.2, 0.25) is 0 Å². The number of benzene rings is 1. The molecule has 2 heterocycles.